The van der Waals surface area contributed by atoms with Crippen LogP contribution in [0.15, 0.2) is 9.59 Å². The standard InChI is InChI=1S/C17H30N4O5/c1-11(2)10-21-15(18)14(16(23)19-17(21)24)20(7-6-8-25-4)13(22)9-12(3)26-5/h11-12H,6-10,18H2,1-5H3,(H,19,23,24). The molecule has 1 unspecified atom stereocenters. The number of hydrogen-bond donors (Lipinski definition) is 2. The summed E-state index contributed by atoms with van der Waals surface area (Å²) in [7, 11) is 3.07. The molecule has 26 heavy (non-hydrogen) atoms. The second kappa shape index (κ2) is 10.1. The van der Waals surface area contributed by atoms with E-state index in [2.05, 4.69) is 4.98 Å². The number of methoxy groups -OCH3 is 2. The molecule has 0 radical (unpaired) electrons. The molecule has 9 nitrogen and oxygen atoms in total. The van der Waals surface area contributed by atoms with Crippen molar-refractivity contribution in [1.82, 2.24) is 9.55 Å². The van der Waals surface area contributed by atoms with E-state index < -0.39 is 11.2 Å². The zero-order valence-electron chi connectivity index (χ0n) is 16.2. The van der Waals surface area contributed by atoms with E-state index in [9.17, 15) is 14.4 Å². The van der Waals surface area contributed by atoms with Crippen LogP contribution in [0.3, 0.4) is 0 Å². The van der Waals surface area contributed by atoms with Gasteiger partial charge >= 0.3 is 5.69 Å². The fraction of sp³-hybridized carbons (Fsp3) is 0.706. The van der Waals surface area contributed by atoms with Gasteiger partial charge in [0.2, 0.25) is 5.91 Å². The summed E-state index contributed by atoms with van der Waals surface area (Å²) < 4.78 is 11.5. The topological polar surface area (TPSA) is 120 Å². The van der Waals surface area contributed by atoms with Gasteiger partial charge in [-0.15, -0.1) is 0 Å². The molecule has 0 aliphatic rings. The number of aromatic nitrogens is 2. The van der Waals surface area contributed by atoms with E-state index in [0.29, 0.717) is 19.6 Å². The summed E-state index contributed by atoms with van der Waals surface area (Å²) in [6, 6.07) is 0. The van der Waals surface area contributed by atoms with Crippen molar-refractivity contribution in [2.75, 3.05) is 38.0 Å². The van der Waals surface area contributed by atoms with Crippen molar-refractivity contribution in [3.8, 4) is 0 Å². The number of nitrogens with zero attached hydrogens (tertiary/aromatic N) is 2. The minimum absolute atomic E-state index is 0.00495. The third-order valence-corrected chi connectivity index (χ3v) is 3.93. The van der Waals surface area contributed by atoms with E-state index >= 15 is 0 Å². The van der Waals surface area contributed by atoms with E-state index in [1.165, 1.54) is 16.6 Å². The monoisotopic (exact) mass is 370 g/mol. The second-order valence-corrected chi connectivity index (χ2v) is 6.64. The lowest BCUT2D eigenvalue weighted by Crippen LogP contribution is -2.43. The summed E-state index contributed by atoms with van der Waals surface area (Å²) >= 11 is 0. The van der Waals surface area contributed by atoms with Crippen molar-refractivity contribution in [1.29, 1.82) is 0 Å². The normalized spacial score (nSPS) is 12.4. The lowest BCUT2D eigenvalue weighted by atomic mass is 10.2. The molecular formula is C17H30N4O5. The SMILES string of the molecule is COCCCN(C(=O)CC(C)OC)c1c(N)n(CC(C)C)c(=O)[nH]c1=O. The highest BCUT2D eigenvalue weighted by Crippen LogP contribution is 2.19. The molecule has 148 valence electrons. The fourth-order valence-electron chi connectivity index (χ4n) is 2.55. The molecule has 0 fully saturated rings. The van der Waals surface area contributed by atoms with Crippen molar-refractivity contribution in [3.05, 3.63) is 20.8 Å². The van der Waals surface area contributed by atoms with E-state index in [4.69, 9.17) is 15.2 Å². The maximum atomic E-state index is 12.7. The molecule has 3 N–H and O–H groups in total. The molecule has 0 aromatic carbocycles. The number of ether oxygens (including phenoxy) is 2. The van der Waals surface area contributed by atoms with Crippen LogP contribution in [0.5, 0.6) is 0 Å². The van der Waals surface area contributed by atoms with E-state index in [1.807, 2.05) is 13.8 Å². The Kier molecular flexibility index (Phi) is 8.53. The Morgan fingerprint density at radius 3 is 2.46 bits per heavy atom. The first-order chi connectivity index (χ1) is 12.2. The average Bonchev–Trinajstić information content (AvgIpc) is 2.56. The molecule has 0 spiro atoms. The summed E-state index contributed by atoms with van der Waals surface area (Å²) in [5.41, 5.74) is 4.86. The maximum absolute atomic E-state index is 12.7. The minimum Gasteiger partial charge on any atom is -0.385 e. The number of nitrogens with one attached hydrogen (secondary N) is 1. The van der Waals surface area contributed by atoms with Gasteiger partial charge < -0.3 is 20.1 Å². The molecule has 0 saturated carbocycles. The largest absolute Gasteiger partial charge is 0.385 e. The van der Waals surface area contributed by atoms with Gasteiger partial charge in [-0.3, -0.25) is 19.1 Å². The van der Waals surface area contributed by atoms with Crippen LogP contribution in [0.4, 0.5) is 11.5 Å². The zero-order valence-corrected chi connectivity index (χ0v) is 16.2. The highest BCUT2D eigenvalue weighted by Gasteiger charge is 2.25. The van der Waals surface area contributed by atoms with Crippen LogP contribution in [-0.2, 0) is 20.8 Å². The molecule has 1 aromatic heterocycles. The molecule has 1 atom stereocenters. The predicted octanol–water partition coefficient (Wildman–Crippen LogP) is 0.569. The van der Waals surface area contributed by atoms with Crippen molar-refractivity contribution < 1.29 is 14.3 Å². The lowest BCUT2D eigenvalue weighted by Gasteiger charge is -2.25. The summed E-state index contributed by atoms with van der Waals surface area (Å²) in [4.78, 5) is 40.9. The third-order valence-electron chi connectivity index (χ3n) is 3.93. The van der Waals surface area contributed by atoms with Crippen LogP contribution in [-0.4, -0.2) is 48.9 Å². The van der Waals surface area contributed by atoms with Crippen molar-refractivity contribution >= 4 is 17.4 Å². The van der Waals surface area contributed by atoms with Gasteiger partial charge in [-0.25, -0.2) is 4.79 Å². The molecular weight excluding hydrogens is 340 g/mol. The highest BCUT2D eigenvalue weighted by molar-refractivity contribution is 5.95. The molecule has 9 heteroatoms. The molecule has 1 heterocycles. The van der Waals surface area contributed by atoms with Crippen molar-refractivity contribution in [2.24, 2.45) is 5.92 Å². The highest BCUT2D eigenvalue weighted by atomic mass is 16.5. The number of nitrogen functional groups attached to an aromatic ring is 1. The molecule has 0 aliphatic carbocycles. The van der Waals surface area contributed by atoms with E-state index in [0.717, 1.165) is 0 Å². The summed E-state index contributed by atoms with van der Waals surface area (Å²) in [5.74, 6) is -0.175. The number of carbonyl (C=O) groups is 1. The van der Waals surface area contributed by atoms with Crippen LogP contribution in [0.25, 0.3) is 0 Å². The first-order valence-electron chi connectivity index (χ1n) is 8.67. The Morgan fingerprint density at radius 1 is 1.27 bits per heavy atom. The summed E-state index contributed by atoms with van der Waals surface area (Å²) in [6.45, 7) is 6.63. The Morgan fingerprint density at radius 2 is 1.92 bits per heavy atom. The fourth-order valence-corrected chi connectivity index (χ4v) is 2.55. The van der Waals surface area contributed by atoms with Crippen LogP contribution >= 0.6 is 0 Å². The van der Waals surface area contributed by atoms with Gasteiger partial charge in [-0.05, 0) is 19.3 Å². The Balaban J connectivity index is 3.37. The Labute approximate surface area is 153 Å². The van der Waals surface area contributed by atoms with Crippen LogP contribution in [0.2, 0.25) is 0 Å². The van der Waals surface area contributed by atoms with Crippen molar-refractivity contribution in [2.45, 2.75) is 46.3 Å². The van der Waals surface area contributed by atoms with Gasteiger partial charge in [-0.2, -0.15) is 0 Å². The first-order valence-corrected chi connectivity index (χ1v) is 8.67. The van der Waals surface area contributed by atoms with Gasteiger partial charge in [0.1, 0.15) is 5.82 Å². The number of hydrogen-bond acceptors (Lipinski definition) is 6. The van der Waals surface area contributed by atoms with Crippen molar-refractivity contribution in [3.63, 3.8) is 0 Å². The molecule has 0 bridgehead atoms. The number of rotatable bonds is 10. The van der Waals surface area contributed by atoms with Crippen LogP contribution in [0.1, 0.15) is 33.6 Å². The van der Waals surface area contributed by atoms with Crippen LogP contribution in [0, 0.1) is 5.92 Å². The number of carbonyl (C=O) groups excluding carboxylic acids is 1. The third kappa shape index (κ3) is 5.70. The second-order valence-electron chi connectivity index (χ2n) is 6.64. The number of nitrogens with two attached hydrogens (primary N) is 1. The van der Waals surface area contributed by atoms with Gasteiger partial charge in [-0.1, -0.05) is 13.8 Å². The van der Waals surface area contributed by atoms with Gasteiger partial charge in [0, 0.05) is 33.9 Å². The maximum Gasteiger partial charge on any atom is 0.330 e. The van der Waals surface area contributed by atoms with Gasteiger partial charge in [0.05, 0.1) is 12.5 Å². The molecule has 1 aromatic rings. The van der Waals surface area contributed by atoms with E-state index in [-0.39, 0.29) is 42.4 Å². The van der Waals surface area contributed by atoms with Gasteiger partial charge in [0.15, 0.2) is 5.69 Å². The Bertz CT molecular complexity index is 710. The quantitative estimate of drug-likeness (QED) is 0.581. The number of anilines is 2. The first kappa shape index (κ1) is 21.9. The lowest BCUT2D eigenvalue weighted by molar-refractivity contribution is -0.120. The zero-order chi connectivity index (χ0) is 19.9. The minimum atomic E-state index is -0.677. The van der Waals surface area contributed by atoms with E-state index in [1.54, 1.807) is 14.0 Å². The Hall–Kier alpha value is -2.13. The average molecular weight is 370 g/mol. The number of amides is 1. The summed E-state index contributed by atoms with van der Waals surface area (Å²) in [6.07, 6.45) is 0.298. The smallest absolute Gasteiger partial charge is 0.330 e. The molecule has 0 aliphatic heterocycles. The summed E-state index contributed by atoms with van der Waals surface area (Å²) in [5, 5.41) is 0. The number of H-pyrrole nitrogens is 1. The predicted molar refractivity (Wildman–Crippen MR) is 101 cm³/mol. The molecule has 0 saturated heterocycles. The molecule has 1 amide bonds. The number of aromatic amines is 1. The molecule has 1 rings (SSSR count). The van der Waals surface area contributed by atoms with Gasteiger partial charge in [0.25, 0.3) is 5.56 Å². The van der Waals surface area contributed by atoms with Crippen LogP contribution < -0.4 is 21.9 Å².